The molecule has 0 fully saturated rings. The highest BCUT2D eigenvalue weighted by Crippen LogP contribution is 2.34. The molecule has 0 unspecified atom stereocenters. The molecule has 0 saturated heterocycles. The van der Waals surface area contributed by atoms with Crippen molar-refractivity contribution in [2.75, 3.05) is 0 Å². The van der Waals surface area contributed by atoms with E-state index in [1.54, 1.807) is 54.6 Å². The molecule has 0 bridgehead atoms. The summed E-state index contributed by atoms with van der Waals surface area (Å²) in [7, 11) is 0. The molecule has 0 spiro atoms. The smallest absolute Gasteiger partial charge is 0.228 e. The van der Waals surface area contributed by atoms with Crippen molar-refractivity contribution < 1.29 is 13.2 Å². The van der Waals surface area contributed by atoms with Crippen LogP contribution in [0.15, 0.2) is 65.1 Å². The Morgan fingerprint density at radius 1 is 0.909 bits per heavy atom. The highest BCUT2D eigenvalue weighted by atomic mass is 79.9. The zero-order valence-corrected chi connectivity index (χ0v) is 12.8. The van der Waals surface area contributed by atoms with Crippen LogP contribution in [-0.2, 0) is 6.18 Å². The summed E-state index contributed by atoms with van der Waals surface area (Å²) in [5.41, 5.74) is 0.488. The van der Waals surface area contributed by atoms with Crippen LogP contribution in [-0.4, -0.2) is 9.78 Å². The first kappa shape index (κ1) is 14.8. The molecule has 0 aliphatic carbocycles. The number of hydrogen-bond acceptors (Lipinski definition) is 1. The zero-order chi connectivity index (χ0) is 15.7. The second-order valence-corrected chi connectivity index (χ2v) is 5.58. The van der Waals surface area contributed by atoms with Crippen LogP contribution in [0.4, 0.5) is 13.2 Å². The first-order valence-corrected chi connectivity index (χ1v) is 7.23. The molecule has 112 valence electrons. The van der Waals surface area contributed by atoms with Crippen molar-refractivity contribution in [3.63, 3.8) is 0 Å². The lowest BCUT2D eigenvalue weighted by molar-refractivity contribution is -0.142. The molecule has 22 heavy (non-hydrogen) atoms. The van der Waals surface area contributed by atoms with E-state index in [0.717, 1.165) is 15.2 Å². The van der Waals surface area contributed by atoms with E-state index >= 15 is 0 Å². The van der Waals surface area contributed by atoms with Gasteiger partial charge in [-0.05, 0) is 30.3 Å². The maximum absolute atomic E-state index is 13.3. The van der Waals surface area contributed by atoms with Crippen LogP contribution in [0.1, 0.15) is 5.69 Å². The van der Waals surface area contributed by atoms with Crippen LogP contribution in [0.3, 0.4) is 0 Å². The first-order valence-electron chi connectivity index (χ1n) is 6.44. The van der Waals surface area contributed by atoms with E-state index in [9.17, 15) is 13.2 Å². The number of para-hydroxylation sites is 1. The predicted molar refractivity (Wildman–Crippen MR) is 81.7 cm³/mol. The van der Waals surface area contributed by atoms with Crippen LogP contribution < -0.4 is 0 Å². The number of aromatic nitrogens is 2. The number of alkyl halides is 3. The van der Waals surface area contributed by atoms with Crippen molar-refractivity contribution in [3.8, 4) is 16.9 Å². The van der Waals surface area contributed by atoms with Gasteiger partial charge in [-0.3, -0.25) is 0 Å². The minimum atomic E-state index is -4.48. The fraction of sp³-hybridized carbons (Fsp3) is 0.0625. The molecular weight excluding hydrogens is 357 g/mol. The molecule has 3 rings (SSSR count). The van der Waals surface area contributed by atoms with E-state index in [4.69, 9.17) is 0 Å². The molecule has 3 aromatic rings. The van der Waals surface area contributed by atoms with Gasteiger partial charge in [0.1, 0.15) is 5.69 Å². The summed E-state index contributed by atoms with van der Waals surface area (Å²) >= 11 is 3.30. The molecule has 0 radical (unpaired) electrons. The van der Waals surface area contributed by atoms with Crippen LogP contribution in [0.5, 0.6) is 0 Å². The van der Waals surface area contributed by atoms with Gasteiger partial charge in [-0.25, -0.2) is 4.68 Å². The molecule has 0 amide bonds. The third-order valence-electron chi connectivity index (χ3n) is 3.14. The predicted octanol–water partition coefficient (Wildman–Crippen LogP) is 5.32. The summed E-state index contributed by atoms with van der Waals surface area (Å²) in [4.78, 5) is 0. The molecule has 1 aromatic heterocycles. The second-order valence-electron chi connectivity index (χ2n) is 4.67. The van der Waals surface area contributed by atoms with Gasteiger partial charge in [-0.15, -0.1) is 0 Å². The summed E-state index contributed by atoms with van der Waals surface area (Å²) in [6.07, 6.45) is -4.48. The Hall–Kier alpha value is -2.08. The molecule has 2 nitrogen and oxygen atoms in total. The van der Waals surface area contributed by atoms with Gasteiger partial charge >= 0.3 is 6.18 Å². The molecule has 0 aliphatic heterocycles. The minimum absolute atomic E-state index is 0.281. The normalized spacial score (nSPS) is 11.6. The van der Waals surface area contributed by atoms with Crippen molar-refractivity contribution in [3.05, 3.63) is 70.8 Å². The average molecular weight is 367 g/mol. The third kappa shape index (κ3) is 2.92. The zero-order valence-electron chi connectivity index (χ0n) is 11.2. The van der Waals surface area contributed by atoms with Crippen molar-refractivity contribution in [2.45, 2.75) is 6.18 Å². The Bertz CT molecular complexity index is 777. The van der Waals surface area contributed by atoms with Crippen molar-refractivity contribution in [1.82, 2.24) is 9.78 Å². The molecule has 0 aliphatic rings. The lowest BCUT2D eigenvalue weighted by atomic mass is 10.1. The lowest BCUT2D eigenvalue weighted by Crippen LogP contribution is -2.13. The number of nitrogens with zero attached hydrogens (tertiary/aromatic N) is 2. The van der Waals surface area contributed by atoms with E-state index in [2.05, 4.69) is 21.0 Å². The van der Waals surface area contributed by atoms with Gasteiger partial charge in [-0.2, -0.15) is 18.3 Å². The van der Waals surface area contributed by atoms with Gasteiger partial charge in [0.2, 0.25) is 0 Å². The van der Waals surface area contributed by atoms with E-state index in [1.165, 1.54) is 0 Å². The maximum Gasteiger partial charge on any atom is 0.433 e. The average Bonchev–Trinajstić information content (AvgIpc) is 2.94. The van der Waals surface area contributed by atoms with Gasteiger partial charge in [0.05, 0.1) is 11.4 Å². The van der Waals surface area contributed by atoms with E-state index in [0.29, 0.717) is 11.3 Å². The summed E-state index contributed by atoms with van der Waals surface area (Å²) in [5.74, 6) is 0. The Labute approximate surface area is 133 Å². The van der Waals surface area contributed by atoms with Crippen molar-refractivity contribution in [1.29, 1.82) is 0 Å². The molecule has 0 saturated carbocycles. The fourth-order valence-electron chi connectivity index (χ4n) is 2.11. The van der Waals surface area contributed by atoms with Crippen LogP contribution in [0.25, 0.3) is 16.9 Å². The Morgan fingerprint density at radius 2 is 1.55 bits per heavy atom. The van der Waals surface area contributed by atoms with E-state index < -0.39 is 11.9 Å². The largest absolute Gasteiger partial charge is 0.433 e. The number of benzene rings is 2. The quantitative estimate of drug-likeness (QED) is 0.600. The van der Waals surface area contributed by atoms with Crippen LogP contribution in [0.2, 0.25) is 0 Å². The fourth-order valence-corrected chi connectivity index (χ4v) is 2.38. The molecular formula is C16H10BrF3N2. The topological polar surface area (TPSA) is 17.8 Å². The Kier molecular flexibility index (Phi) is 3.78. The van der Waals surface area contributed by atoms with E-state index in [1.807, 2.05) is 0 Å². The summed E-state index contributed by atoms with van der Waals surface area (Å²) in [5, 5.41) is 4.13. The summed E-state index contributed by atoms with van der Waals surface area (Å²) < 4.78 is 41.6. The van der Waals surface area contributed by atoms with Crippen LogP contribution >= 0.6 is 15.9 Å². The SMILES string of the molecule is FC(F)(F)c1cc(-c2ccc(Br)cc2)nn1-c1ccccc1. The highest BCUT2D eigenvalue weighted by molar-refractivity contribution is 9.10. The number of hydrogen-bond donors (Lipinski definition) is 0. The first-order chi connectivity index (χ1) is 10.4. The van der Waals surface area contributed by atoms with Gasteiger partial charge in [0, 0.05) is 10.0 Å². The standard InChI is InChI=1S/C16H10BrF3N2/c17-12-8-6-11(7-9-12)14-10-15(16(18,19)20)22(21-14)13-4-2-1-3-5-13/h1-10H. The number of rotatable bonds is 2. The molecule has 0 N–H and O–H groups in total. The van der Waals surface area contributed by atoms with Gasteiger partial charge in [0.15, 0.2) is 0 Å². The van der Waals surface area contributed by atoms with Gasteiger partial charge < -0.3 is 0 Å². The van der Waals surface area contributed by atoms with E-state index in [-0.39, 0.29) is 5.69 Å². The summed E-state index contributed by atoms with van der Waals surface area (Å²) in [6, 6.07) is 16.3. The maximum atomic E-state index is 13.3. The van der Waals surface area contributed by atoms with Crippen LogP contribution in [0, 0.1) is 0 Å². The Balaban J connectivity index is 2.15. The van der Waals surface area contributed by atoms with Gasteiger partial charge in [0.25, 0.3) is 0 Å². The monoisotopic (exact) mass is 366 g/mol. The molecule has 0 atom stereocenters. The number of halogens is 4. The molecule has 6 heteroatoms. The van der Waals surface area contributed by atoms with Crippen molar-refractivity contribution in [2.24, 2.45) is 0 Å². The van der Waals surface area contributed by atoms with Gasteiger partial charge in [-0.1, -0.05) is 46.3 Å². The second kappa shape index (κ2) is 5.61. The Morgan fingerprint density at radius 3 is 2.14 bits per heavy atom. The summed E-state index contributed by atoms with van der Waals surface area (Å²) in [6.45, 7) is 0. The minimum Gasteiger partial charge on any atom is -0.228 e. The lowest BCUT2D eigenvalue weighted by Gasteiger charge is -2.09. The molecule has 2 aromatic carbocycles. The molecule has 1 heterocycles. The highest BCUT2D eigenvalue weighted by Gasteiger charge is 2.36. The third-order valence-corrected chi connectivity index (χ3v) is 3.67. The van der Waals surface area contributed by atoms with Crippen molar-refractivity contribution >= 4 is 15.9 Å².